The molecule has 0 aliphatic carbocycles. The van der Waals surface area contributed by atoms with E-state index in [1.54, 1.807) is 30.3 Å². The lowest BCUT2D eigenvalue weighted by Crippen LogP contribution is -2.21. The molecule has 0 bridgehead atoms. The molecular weight excluding hydrogens is 340 g/mol. The summed E-state index contributed by atoms with van der Waals surface area (Å²) in [5.41, 5.74) is 7.86. The predicted octanol–water partition coefficient (Wildman–Crippen LogP) is 4.78. The van der Waals surface area contributed by atoms with Gasteiger partial charge in [0.2, 0.25) is 0 Å². The van der Waals surface area contributed by atoms with Crippen LogP contribution in [0.25, 0.3) is 0 Å². The minimum absolute atomic E-state index is 0.00821. The number of carboxylic acids is 1. The van der Waals surface area contributed by atoms with Crippen LogP contribution < -0.4 is 5.73 Å². The van der Waals surface area contributed by atoms with Gasteiger partial charge in [0.05, 0.1) is 5.02 Å². The predicted molar refractivity (Wildman–Crippen MR) is 89.4 cm³/mol. The molecule has 122 valence electrons. The number of halogens is 3. The van der Waals surface area contributed by atoms with E-state index in [4.69, 9.17) is 34.0 Å². The van der Waals surface area contributed by atoms with E-state index in [-0.39, 0.29) is 17.4 Å². The van der Waals surface area contributed by atoms with Gasteiger partial charge in [0.25, 0.3) is 0 Å². The Morgan fingerprint density at radius 1 is 1.13 bits per heavy atom. The van der Waals surface area contributed by atoms with E-state index in [0.29, 0.717) is 17.0 Å². The average molecular weight is 356 g/mol. The summed E-state index contributed by atoms with van der Waals surface area (Å²) in [7, 11) is 0. The van der Waals surface area contributed by atoms with Gasteiger partial charge in [-0.25, -0.2) is 4.39 Å². The van der Waals surface area contributed by atoms with E-state index in [1.807, 2.05) is 0 Å². The first-order valence-corrected chi connectivity index (χ1v) is 7.82. The standard InChI is InChI=1S/C17H16Cl2FNO2/c18-12-4-1-10(2-5-12)17(21)13(6-8-16(22)23)11-3-7-15(20)14(19)9-11/h1-5,7,9,13,17H,6,8,21H2,(H,22,23). The molecular formula is C17H16Cl2FNO2. The Morgan fingerprint density at radius 2 is 1.74 bits per heavy atom. The molecule has 3 nitrogen and oxygen atoms in total. The van der Waals surface area contributed by atoms with Crippen LogP contribution in [0, 0.1) is 5.82 Å². The number of rotatable bonds is 6. The van der Waals surface area contributed by atoms with Crippen molar-refractivity contribution in [2.45, 2.75) is 24.8 Å². The highest BCUT2D eigenvalue weighted by atomic mass is 35.5. The Labute approximate surface area is 143 Å². The zero-order chi connectivity index (χ0) is 17.0. The van der Waals surface area contributed by atoms with E-state index in [1.165, 1.54) is 12.1 Å². The van der Waals surface area contributed by atoms with Crippen LogP contribution in [0.1, 0.15) is 35.9 Å². The Kier molecular flexibility index (Phi) is 5.99. The summed E-state index contributed by atoms with van der Waals surface area (Å²) in [6, 6.07) is 10.9. The van der Waals surface area contributed by atoms with Gasteiger partial charge >= 0.3 is 5.97 Å². The molecule has 0 fully saturated rings. The largest absolute Gasteiger partial charge is 0.481 e. The molecule has 6 heteroatoms. The summed E-state index contributed by atoms with van der Waals surface area (Å²) in [6.45, 7) is 0. The summed E-state index contributed by atoms with van der Waals surface area (Å²) in [4.78, 5) is 10.9. The third-order valence-electron chi connectivity index (χ3n) is 3.73. The minimum atomic E-state index is -0.911. The highest BCUT2D eigenvalue weighted by Crippen LogP contribution is 2.35. The van der Waals surface area contributed by atoms with Crippen molar-refractivity contribution in [2.75, 3.05) is 0 Å². The summed E-state index contributed by atoms with van der Waals surface area (Å²) >= 11 is 11.7. The molecule has 0 aliphatic heterocycles. The third-order valence-corrected chi connectivity index (χ3v) is 4.27. The number of hydrogen-bond donors (Lipinski definition) is 2. The lowest BCUT2D eigenvalue weighted by Gasteiger charge is -2.25. The maximum Gasteiger partial charge on any atom is 0.303 e. The van der Waals surface area contributed by atoms with Crippen LogP contribution in [0.5, 0.6) is 0 Å². The monoisotopic (exact) mass is 355 g/mol. The van der Waals surface area contributed by atoms with Crippen LogP contribution >= 0.6 is 23.2 Å². The third kappa shape index (κ3) is 4.67. The van der Waals surface area contributed by atoms with E-state index < -0.39 is 17.8 Å². The maximum atomic E-state index is 13.4. The molecule has 3 N–H and O–H groups in total. The van der Waals surface area contributed by atoms with Crippen molar-refractivity contribution in [3.8, 4) is 0 Å². The zero-order valence-electron chi connectivity index (χ0n) is 12.2. The van der Waals surface area contributed by atoms with Gasteiger partial charge in [-0.05, 0) is 41.8 Å². The molecule has 0 saturated heterocycles. The second-order valence-corrected chi connectivity index (χ2v) is 6.13. The summed E-state index contributed by atoms with van der Waals surface area (Å²) in [5, 5.41) is 9.53. The summed E-state index contributed by atoms with van der Waals surface area (Å²) < 4.78 is 13.4. The number of aliphatic carboxylic acids is 1. The molecule has 23 heavy (non-hydrogen) atoms. The van der Waals surface area contributed by atoms with Crippen molar-refractivity contribution in [1.82, 2.24) is 0 Å². The molecule has 0 heterocycles. The van der Waals surface area contributed by atoms with Gasteiger partial charge in [0.15, 0.2) is 0 Å². The van der Waals surface area contributed by atoms with Gasteiger partial charge in [0.1, 0.15) is 5.82 Å². The fourth-order valence-electron chi connectivity index (χ4n) is 2.49. The van der Waals surface area contributed by atoms with Crippen LogP contribution in [0.2, 0.25) is 10.0 Å². The number of benzene rings is 2. The van der Waals surface area contributed by atoms with Crippen LogP contribution in [0.15, 0.2) is 42.5 Å². The van der Waals surface area contributed by atoms with Crippen LogP contribution in [0.3, 0.4) is 0 Å². The molecule has 2 atom stereocenters. The smallest absolute Gasteiger partial charge is 0.303 e. The van der Waals surface area contributed by atoms with Crippen LogP contribution in [-0.4, -0.2) is 11.1 Å². The van der Waals surface area contributed by atoms with Gasteiger partial charge in [-0.15, -0.1) is 0 Å². The highest BCUT2D eigenvalue weighted by molar-refractivity contribution is 6.31. The molecule has 2 aromatic rings. The van der Waals surface area contributed by atoms with Crippen LogP contribution in [-0.2, 0) is 4.79 Å². The fourth-order valence-corrected chi connectivity index (χ4v) is 2.81. The molecule has 2 rings (SSSR count). The minimum Gasteiger partial charge on any atom is -0.481 e. The molecule has 0 aromatic heterocycles. The van der Waals surface area contributed by atoms with E-state index >= 15 is 0 Å². The van der Waals surface area contributed by atoms with Crippen molar-refractivity contribution < 1.29 is 14.3 Å². The number of carbonyl (C=O) groups is 1. The van der Waals surface area contributed by atoms with E-state index in [2.05, 4.69) is 0 Å². The Balaban J connectivity index is 2.33. The molecule has 0 saturated carbocycles. The van der Waals surface area contributed by atoms with E-state index in [0.717, 1.165) is 5.56 Å². The average Bonchev–Trinajstić information content (AvgIpc) is 2.51. The molecule has 0 radical (unpaired) electrons. The quantitative estimate of drug-likeness (QED) is 0.783. The lowest BCUT2D eigenvalue weighted by molar-refractivity contribution is -0.137. The van der Waals surface area contributed by atoms with Crippen molar-refractivity contribution in [3.05, 3.63) is 69.5 Å². The maximum absolute atomic E-state index is 13.4. The fraction of sp³-hybridized carbons (Fsp3) is 0.235. The van der Waals surface area contributed by atoms with Gasteiger partial charge < -0.3 is 10.8 Å². The van der Waals surface area contributed by atoms with Gasteiger partial charge in [0, 0.05) is 23.4 Å². The normalized spacial score (nSPS) is 13.6. The Bertz CT molecular complexity index is 691. The zero-order valence-corrected chi connectivity index (χ0v) is 13.7. The van der Waals surface area contributed by atoms with Crippen LogP contribution in [0.4, 0.5) is 4.39 Å². The molecule has 0 amide bonds. The SMILES string of the molecule is NC(c1ccc(Cl)cc1)C(CCC(=O)O)c1ccc(F)c(Cl)c1. The topological polar surface area (TPSA) is 63.3 Å². The van der Waals surface area contributed by atoms with Gasteiger partial charge in [-0.3, -0.25) is 4.79 Å². The molecule has 2 unspecified atom stereocenters. The first-order valence-electron chi connectivity index (χ1n) is 7.06. The molecule has 2 aromatic carbocycles. The van der Waals surface area contributed by atoms with Crippen molar-refractivity contribution >= 4 is 29.2 Å². The van der Waals surface area contributed by atoms with Crippen molar-refractivity contribution in [2.24, 2.45) is 5.73 Å². The van der Waals surface area contributed by atoms with Gasteiger partial charge in [-0.1, -0.05) is 41.4 Å². The van der Waals surface area contributed by atoms with E-state index in [9.17, 15) is 9.18 Å². The first-order chi connectivity index (χ1) is 10.9. The van der Waals surface area contributed by atoms with Crippen molar-refractivity contribution in [3.63, 3.8) is 0 Å². The summed E-state index contributed by atoms with van der Waals surface area (Å²) in [5.74, 6) is -1.73. The summed E-state index contributed by atoms with van der Waals surface area (Å²) in [6.07, 6.45) is 0.280. The first kappa shape index (κ1) is 17.7. The lowest BCUT2D eigenvalue weighted by atomic mass is 9.84. The second-order valence-electron chi connectivity index (χ2n) is 5.29. The Hall–Kier alpha value is -1.62. The molecule has 0 spiro atoms. The number of hydrogen-bond acceptors (Lipinski definition) is 2. The highest BCUT2D eigenvalue weighted by Gasteiger charge is 2.23. The Morgan fingerprint density at radius 3 is 2.30 bits per heavy atom. The molecule has 0 aliphatic rings. The van der Waals surface area contributed by atoms with Crippen molar-refractivity contribution in [1.29, 1.82) is 0 Å². The van der Waals surface area contributed by atoms with Gasteiger partial charge in [-0.2, -0.15) is 0 Å². The second kappa shape index (κ2) is 7.77. The number of carboxylic acid groups (broad SMARTS) is 1. The number of nitrogens with two attached hydrogens (primary N) is 1.